The van der Waals surface area contributed by atoms with Crippen LogP contribution in [0.4, 0.5) is 0 Å². The molecule has 1 aliphatic carbocycles. The molecular weight excluding hydrogens is 160 g/mol. The monoisotopic (exact) mass is 174 g/mol. The third kappa shape index (κ3) is 0.761. The molecule has 1 unspecified atom stereocenters. The van der Waals surface area contributed by atoms with E-state index in [0.717, 1.165) is 13.0 Å². The lowest BCUT2D eigenvalue weighted by Gasteiger charge is -2.23. The summed E-state index contributed by atoms with van der Waals surface area (Å²) in [6, 6.07) is 8.69. The molecule has 0 aromatic heterocycles. The highest BCUT2D eigenvalue weighted by atomic mass is 16.6. The van der Waals surface area contributed by atoms with Gasteiger partial charge < -0.3 is 4.74 Å². The van der Waals surface area contributed by atoms with Gasteiger partial charge in [-0.2, -0.15) is 0 Å². The molecule has 0 N–H and O–H groups in total. The van der Waals surface area contributed by atoms with Gasteiger partial charge in [0, 0.05) is 5.41 Å². The van der Waals surface area contributed by atoms with E-state index >= 15 is 0 Å². The van der Waals surface area contributed by atoms with Gasteiger partial charge in [-0.3, -0.25) is 0 Å². The number of fused-ring (bicyclic) bond motifs is 2. The van der Waals surface area contributed by atoms with Gasteiger partial charge in [-0.1, -0.05) is 38.1 Å². The molecule has 3 rings (SSSR count). The molecule has 1 aliphatic heterocycles. The summed E-state index contributed by atoms with van der Waals surface area (Å²) in [4.78, 5) is 0. The van der Waals surface area contributed by atoms with Gasteiger partial charge in [0.15, 0.2) is 0 Å². The molecule has 0 saturated carbocycles. The summed E-state index contributed by atoms with van der Waals surface area (Å²) in [6.07, 6.45) is 1.16. The van der Waals surface area contributed by atoms with Crippen molar-refractivity contribution in [2.45, 2.75) is 25.9 Å². The Labute approximate surface area is 78.7 Å². The largest absolute Gasteiger partial charge is 0.364 e. The van der Waals surface area contributed by atoms with Gasteiger partial charge in [0.25, 0.3) is 0 Å². The van der Waals surface area contributed by atoms with Crippen molar-refractivity contribution in [2.24, 2.45) is 5.41 Å². The van der Waals surface area contributed by atoms with Crippen molar-refractivity contribution in [1.29, 1.82) is 0 Å². The summed E-state index contributed by atoms with van der Waals surface area (Å²) in [5.74, 6) is 0. The van der Waals surface area contributed by atoms with Gasteiger partial charge in [-0.05, 0) is 17.5 Å². The highest BCUT2D eigenvalue weighted by Gasteiger charge is 2.62. The van der Waals surface area contributed by atoms with Crippen LogP contribution in [-0.4, -0.2) is 6.61 Å². The number of ether oxygens (including phenoxy) is 1. The number of benzene rings is 1. The second kappa shape index (κ2) is 1.98. The number of epoxide rings is 1. The standard InChI is InChI=1S/C12H14O/c1-11(2)7-9-5-3-4-6-10(9)12(11)8-13-12/h3-6H,7-8H2,1-2H3. The molecule has 1 spiro atoms. The lowest BCUT2D eigenvalue weighted by molar-refractivity contribution is 0.158. The summed E-state index contributed by atoms with van der Waals surface area (Å²) < 4.78 is 5.70. The van der Waals surface area contributed by atoms with Gasteiger partial charge >= 0.3 is 0 Å². The third-order valence-electron chi connectivity index (χ3n) is 3.61. The summed E-state index contributed by atoms with van der Waals surface area (Å²) in [7, 11) is 0. The maximum absolute atomic E-state index is 5.70. The van der Waals surface area contributed by atoms with Crippen LogP contribution < -0.4 is 0 Å². The lowest BCUT2D eigenvalue weighted by atomic mass is 9.80. The first-order valence-electron chi connectivity index (χ1n) is 4.88. The van der Waals surface area contributed by atoms with Gasteiger partial charge in [0.2, 0.25) is 0 Å². The molecule has 0 amide bonds. The van der Waals surface area contributed by atoms with Crippen LogP contribution in [0.3, 0.4) is 0 Å². The third-order valence-corrected chi connectivity index (χ3v) is 3.61. The second-order valence-electron chi connectivity index (χ2n) is 4.83. The van der Waals surface area contributed by atoms with Crippen LogP contribution in [0, 0.1) is 5.41 Å². The SMILES string of the molecule is CC1(C)Cc2ccccc2C12CO2. The molecule has 1 fully saturated rings. The fourth-order valence-corrected chi connectivity index (χ4v) is 2.67. The Hall–Kier alpha value is -0.820. The van der Waals surface area contributed by atoms with Gasteiger partial charge in [0.05, 0.1) is 6.61 Å². The van der Waals surface area contributed by atoms with Crippen molar-refractivity contribution >= 4 is 0 Å². The molecule has 1 atom stereocenters. The summed E-state index contributed by atoms with van der Waals surface area (Å²) in [5, 5.41) is 0. The van der Waals surface area contributed by atoms with Crippen molar-refractivity contribution in [3.63, 3.8) is 0 Å². The quantitative estimate of drug-likeness (QED) is 0.550. The summed E-state index contributed by atoms with van der Waals surface area (Å²) in [5.41, 5.74) is 3.27. The Morgan fingerprint density at radius 3 is 2.62 bits per heavy atom. The number of hydrogen-bond acceptors (Lipinski definition) is 1. The summed E-state index contributed by atoms with van der Waals surface area (Å²) in [6.45, 7) is 5.52. The Bertz CT molecular complexity index is 361. The van der Waals surface area contributed by atoms with Crippen LogP contribution in [0.25, 0.3) is 0 Å². The highest BCUT2D eigenvalue weighted by molar-refractivity contribution is 5.43. The minimum Gasteiger partial charge on any atom is -0.364 e. The molecule has 1 heteroatoms. The van der Waals surface area contributed by atoms with Gasteiger partial charge in [0.1, 0.15) is 5.60 Å². The number of rotatable bonds is 0. The zero-order valence-corrected chi connectivity index (χ0v) is 8.13. The zero-order chi connectivity index (χ0) is 9.10. The van der Waals surface area contributed by atoms with Crippen molar-refractivity contribution in [1.82, 2.24) is 0 Å². The predicted octanol–water partition coefficient (Wildman–Crippen LogP) is 2.49. The molecule has 68 valence electrons. The highest BCUT2D eigenvalue weighted by Crippen LogP contribution is 2.59. The van der Waals surface area contributed by atoms with Gasteiger partial charge in [-0.15, -0.1) is 0 Å². The Balaban J connectivity index is 2.22. The van der Waals surface area contributed by atoms with Crippen molar-refractivity contribution in [2.75, 3.05) is 6.61 Å². The van der Waals surface area contributed by atoms with E-state index in [9.17, 15) is 0 Å². The zero-order valence-electron chi connectivity index (χ0n) is 8.13. The van der Waals surface area contributed by atoms with Crippen LogP contribution in [0.5, 0.6) is 0 Å². The van der Waals surface area contributed by atoms with Crippen LogP contribution >= 0.6 is 0 Å². The summed E-state index contributed by atoms with van der Waals surface area (Å²) >= 11 is 0. The molecule has 13 heavy (non-hydrogen) atoms. The molecular formula is C12H14O. The molecule has 1 nitrogen and oxygen atoms in total. The predicted molar refractivity (Wildman–Crippen MR) is 51.6 cm³/mol. The van der Waals surface area contributed by atoms with E-state index in [2.05, 4.69) is 38.1 Å². The Kier molecular flexibility index (Phi) is 1.15. The van der Waals surface area contributed by atoms with E-state index in [-0.39, 0.29) is 11.0 Å². The Morgan fingerprint density at radius 1 is 1.23 bits per heavy atom. The van der Waals surface area contributed by atoms with Gasteiger partial charge in [-0.25, -0.2) is 0 Å². The van der Waals surface area contributed by atoms with Crippen LogP contribution in [0.15, 0.2) is 24.3 Å². The number of hydrogen-bond donors (Lipinski definition) is 0. The van der Waals surface area contributed by atoms with Crippen LogP contribution in [0.1, 0.15) is 25.0 Å². The molecule has 1 saturated heterocycles. The van der Waals surface area contributed by atoms with Crippen LogP contribution in [0.2, 0.25) is 0 Å². The molecule has 1 aromatic carbocycles. The smallest absolute Gasteiger partial charge is 0.122 e. The van der Waals surface area contributed by atoms with E-state index in [1.54, 1.807) is 0 Å². The molecule has 1 heterocycles. The fraction of sp³-hybridized carbons (Fsp3) is 0.500. The average molecular weight is 174 g/mol. The first-order valence-corrected chi connectivity index (χ1v) is 4.88. The molecule has 1 aromatic rings. The van der Waals surface area contributed by atoms with E-state index in [4.69, 9.17) is 4.74 Å². The second-order valence-corrected chi connectivity index (χ2v) is 4.83. The Morgan fingerprint density at radius 2 is 1.92 bits per heavy atom. The molecule has 0 bridgehead atoms. The minimum atomic E-state index is 0.0730. The minimum absolute atomic E-state index is 0.0730. The fourth-order valence-electron chi connectivity index (χ4n) is 2.67. The van der Waals surface area contributed by atoms with E-state index in [1.165, 1.54) is 11.1 Å². The van der Waals surface area contributed by atoms with Crippen molar-refractivity contribution in [3.05, 3.63) is 35.4 Å². The topological polar surface area (TPSA) is 12.5 Å². The average Bonchev–Trinajstić information content (AvgIpc) is 2.81. The molecule has 0 radical (unpaired) electrons. The first kappa shape index (κ1) is 7.57. The van der Waals surface area contributed by atoms with E-state index in [1.807, 2.05) is 0 Å². The van der Waals surface area contributed by atoms with Crippen LogP contribution in [-0.2, 0) is 16.8 Å². The maximum atomic E-state index is 5.70. The van der Waals surface area contributed by atoms with Crippen molar-refractivity contribution in [3.8, 4) is 0 Å². The normalized spacial score (nSPS) is 33.4. The van der Waals surface area contributed by atoms with E-state index in [0.29, 0.717) is 0 Å². The van der Waals surface area contributed by atoms with E-state index < -0.39 is 0 Å². The van der Waals surface area contributed by atoms with Crippen molar-refractivity contribution < 1.29 is 4.74 Å². The maximum Gasteiger partial charge on any atom is 0.122 e. The lowest BCUT2D eigenvalue weighted by Crippen LogP contribution is -2.25. The molecule has 2 aliphatic rings. The first-order chi connectivity index (χ1) is 6.16.